The van der Waals surface area contributed by atoms with Gasteiger partial charge in [0.15, 0.2) is 11.5 Å². The largest absolute Gasteiger partial charge is 0.454 e. The molecule has 3 aromatic carbocycles. The van der Waals surface area contributed by atoms with E-state index in [9.17, 15) is 9.59 Å². The van der Waals surface area contributed by atoms with Crippen LogP contribution >= 0.6 is 0 Å². The fourth-order valence-corrected chi connectivity index (χ4v) is 2.91. The Morgan fingerprint density at radius 1 is 0.950 bits per heavy atom. The third-order valence-electron chi connectivity index (χ3n) is 3.95. The Bertz CT molecular complexity index is 943. The van der Waals surface area contributed by atoms with Crippen molar-refractivity contribution >= 4 is 21.5 Å². The van der Waals surface area contributed by atoms with E-state index < -0.39 is 5.43 Å². The number of rotatable bonds is 1. The number of benzene rings is 2. The highest BCUT2D eigenvalue weighted by atomic mass is 16.7. The van der Waals surface area contributed by atoms with E-state index in [-0.39, 0.29) is 18.1 Å². The fraction of sp³-hybridized carbons (Fsp3) is 0.250. The average Bonchev–Trinajstić information content (AvgIpc) is 2.88. The van der Waals surface area contributed by atoms with Gasteiger partial charge in [-0.3, -0.25) is 9.59 Å². The van der Waals surface area contributed by atoms with Crippen molar-refractivity contribution in [1.82, 2.24) is 0 Å². The number of ether oxygens (including phenoxy) is 2. The Balaban J connectivity index is 2.21. The molecule has 0 unspecified atom stereocenters. The fourth-order valence-electron chi connectivity index (χ4n) is 2.91. The van der Waals surface area contributed by atoms with E-state index in [0.717, 1.165) is 16.3 Å². The Hall–Kier alpha value is -2.36. The molecule has 1 aliphatic rings. The van der Waals surface area contributed by atoms with Crippen LogP contribution in [0.25, 0.3) is 21.5 Å². The second kappa shape index (κ2) is 3.60. The summed E-state index contributed by atoms with van der Waals surface area (Å²) in [5, 5.41) is 2.81. The summed E-state index contributed by atoms with van der Waals surface area (Å²) in [5.41, 5.74) is 0.158. The van der Waals surface area contributed by atoms with Crippen LogP contribution in [0.1, 0.15) is 25.3 Å². The molecule has 20 heavy (non-hydrogen) atoms. The SMILES string of the molecule is CC(C)c1cc2cc3c(cc2c2c(=O)c(=O)c12)OCO3. The molecule has 0 spiro atoms. The lowest BCUT2D eigenvalue weighted by molar-refractivity contribution is 0.174. The first-order valence-electron chi connectivity index (χ1n) is 6.57. The molecule has 0 aliphatic carbocycles. The van der Waals surface area contributed by atoms with Crippen molar-refractivity contribution in [2.24, 2.45) is 0 Å². The minimum atomic E-state index is -0.397. The van der Waals surface area contributed by atoms with Crippen LogP contribution in [0.4, 0.5) is 0 Å². The zero-order chi connectivity index (χ0) is 14.0. The highest BCUT2D eigenvalue weighted by Gasteiger charge is 2.23. The summed E-state index contributed by atoms with van der Waals surface area (Å²) < 4.78 is 10.7. The third-order valence-corrected chi connectivity index (χ3v) is 3.95. The lowest BCUT2D eigenvalue weighted by atomic mass is 9.88. The van der Waals surface area contributed by atoms with Gasteiger partial charge in [-0.2, -0.15) is 0 Å². The molecule has 1 aliphatic heterocycles. The van der Waals surface area contributed by atoms with Gasteiger partial charge in [-0.25, -0.2) is 0 Å². The van der Waals surface area contributed by atoms with E-state index in [1.54, 1.807) is 6.07 Å². The molecule has 0 atom stereocenters. The molecule has 4 rings (SSSR count). The molecule has 0 saturated heterocycles. The molecule has 4 heteroatoms. The highest BCUT2D eigenvalue weighted by molar-refractivity contribution is 6.12. The Morgan fingerprint density at radius 3 is 2.30 bits per heavy atom. The first-order chi connectivity index (χ1) is 9.58. The molecule has 0 aromatic heterocycles. The Kier molecular flexibility index (Phi) is 2.06. The predicted molar refractivity (Wildman–Crippen MR) is 76.6 cm³/mol. The van der Waals surface area contributed by atoms with Crippen molar-refractivity contribution in [2.75, 3.05) is 6.79 Å². The van der Waals surface area contributed by atoms with E-state index in [1.165, 1.54) is 0 Å². The van der Waals surface area contributed by atoms with E-state index in [2.05, 4.69) is 0 Å². The maximum Gasteiger partial charge on any atom is 0.234 e. The maximum atomic E-state index is 11.9. The molecule has 0 radical (unpaired) electrons. The zero-order valence-electron chi connectivity index (χ0n) is 11.1. The summed E-state index contributed by atoms with van der Waals surface area (Å²) in [5.74, 6) is 1.50. The highest BCUT2D eigenvalue weighted by Crippen LogP contribution is 2.39. The van der Waals surface area contributed by atoms with Gasteiger partial charge >= 0.3 is 0 Å². The number of hydrogen-bond acceptors (Lipinski definition) is 4. The lowest BCUT2D eigenvalue weighted by Crippen LogP contribution is -2.32. The van der Waals surface area contributed by atoms with Crippen molar-refractivity contribution in [3.05, 3.63) is 44.2 Å². The van der Waals surface area contributed by atoms with Crippen molar-refractivity contribution in [1.29, 1.82) is 0 Å². The van der Waals surface area contributed by atoms with Gasteiger partial charge in [0.25, 0.3) is 0 Å². The Labute approximate surface area is 114 Å². The first-order valence-corrected chi connectivity index (χ1v) is 6.57. The van der Waals surface area contributed by atoms with Crippen LogP contribution in [0.5, 0.6) is 11.5 Å². The second-order valence-corrected chi connectivity index (χ2v) is 5.46. The predicted octanol–water partition coefficient (Wildman–Crippen LogP) is 2.44. The van der Waals surface area contributed by atoms with E-state index >= 15 is 0 Å². The van der Waals surface area contributed by atoms with Gasteiger partial charge in [0.1, 0.15) is 0 Å². The van der Waals surface area contributed by atoms with Gasteiger partial charge in [0.2, 0.25) is 17.7 Å². The smallest absolute Gasteiger partial charge is 0.234 e. The second-order valence-electron chi connectivity index (χ2n) is 5.46. The van der Waals surface area contributed by atoms with Crippen molar-refractivity contribution < 1.29 is 9.47 Å². The van der Waals surface area contributed by atoms with Gasteiger partial charge in [0.05, 0.1) is 0 Å². The van der Waals surface area contributed by atoms with E-state index in [0.29, 0.717) is 22.3 Å². The quantitative estimate of drug-likeness (QED) is 0.636. The molecule has 4 nitrogen and oxygen atoms in total. The van der Waals surface area contributed by atoms with Gasteiger partial charge in [0, 0.05) is 10.8 Å². The normalized spacial score (nSPS) is 13.9. The van der Waals surface area contributed by atoms with Crippen LogP contribution in [0, 0.1) is 0 Å². The topological polar surface area (TPSA) is 52.6 Å². The van der Waals surface area contributed by atoms with Crippen LogP contribution in [-0.4, -0.2) is 6.79 Å². The summed E-state index contributed by atoms with van der Waals surface area (Å²) in [4.78, 5) is 23.8. The van der Waals surface area contributed by atoms with E-state index in [1.807, 2.05) is 26.0 Å². The van der Waals surface area contributed by atoms with Crippen molar-refractivity contribution in [3.8, 4) is 11.5 Å². The van der Waals surface area contributed by atoms with Gasteiger partial charge in [-0.15, -0.1) is 0 Å². The average molecular weight is 268 g/mol. The first kappa shape index (κ1) is 11.5. The maximum absolute atomic E-state index is 11.9. The van der Waals surface area contributed by atoms with E-state index in [4.69, 9.17) is 9.47 Å². The molecule has 100 valence electrons. The third kappa shape index (κ3) is 1.26. The van der Waals surface area contributed by atoms with Gasteiger partial charge in [-0.05, 0) is 40.5 Å². The summed E-state index contributed by atoms with van der Waals surface area (Å²) in [6.45, 7) is 4.23. The number of hydrogen-bond donors (Lipinski definition) is 0. The van der Waals surface area contributed by atoms with Crippen molar-refractivity contribution in [2.45, 2.75) is 19.8 Å². The standard InChI is InChI=1S/C16H12O4/c1-7(2)9-3-8-4-11-12(20-6-19-11)5-10(8)14-13(9)15(17)16(14)18/h3-5,7H,6H2,1-2H3. The minimum Gasteiger partial charge on any atom is -0.454 e. The van der Waals surface area contributed by atoms with Crippen LogP contribution in [0.15, 0.2) is 27.8 Å². The van der Waals surface area contributed by atoms with Crippen LogP contribution in [-0.2, 0) is 0 Å². The van der Waals surface area contributed by atoms with Crippen LogP contribution in [0.3, 0.4) is 0 Å². The Morgan fingerprint density at radius 2 is 1.60 bits per heavy atom. The molecule has 0 N–H and O–H groups in total. The lowest BCUT2D eigenvalue weighted by Gasteiger charge is -2.14. The zero-order valence-corrected chi connectivity index (χ0v) is 11.1. The van der Waals surface area contributed by atoms with Crippen LogP contribution < -0.4 is 20.3 Å². The molecule has 0 saturated carbocycles. The molecule has 0 bridgehead atoms. The number of fused-ring (bicyclic) bond motifs is 4. The molecule has 3 aromatic rings. The molecule has 0 fully saturated rings. The van der Waals surface area contributed by atoms with Crippen LogP contribution in [0.2, 0.25) is 0 Å². The summed E-state index contributed by atoms with van der Waals surface area (Å²) >= 11 is 0. The molecule has 0 amide bonds. The van der Waals surface area contributed by atoms with Gasteiger partial charge in [-0.1, -0.05) is 13.8 Å². The summed E-state index contributed by atoms with van der Waals surface area (Å²) in [6, 6.07) is 5.65. The summed E-state index contributed by atoms with van der Waals surface area (Å²) in [7, 11) is 0. The minimum absolute atomic E-state index is 0.190. The monoisotopic (exact) mass is 268 g/mol. The van der Waals surface area contributed by atoms with Crippen molar-refractivity contribution in [3.63, 3.8) is 0 Å². The molecular formula is C16H12O4. The summed E-state index contributed by atoms with van der Waals surface area (Å²) in [6.07, 6.45) is 0. The molecule has 1 heterocycles. The molecular weight excluding hydrogens is 256 g/mol. The van der Waals surface area contributed by atoms with Gasteiger partial charge < -0.3 is 9.47 Å².